The Hall–Kier alpha value is -2.03. The Morgan fingerprint density at radius 2 is 1.86 bits per heavy atom. The second kappa shape index (κ2) is 7.11. The number of methoxy groups -OCH3 is 1. The summed E-state index contributed by atoms with van der Waals surface area (Å²) in [6, 6.07) is 12.5. The third kappa shape index (κ3) is 4.22. The van der Waals surface area contributed by atoms with Crippen LogP contribution in [-0.2, 0) is 11.2 Å². The number of aryl methyl sites for hydroxylation is 1. The van der Waals surface area contributed by atoms with E-state index in [1.807, 2.05) is 12.1 Å². The Morgan fingerprint density at radius 3 is 2.57 bits per heavy atom. The number of aliphatic carboxylic acids is 1. The number of hydrogen-bond donors (Lipinski definition) is 1. The maximum absolute atomic E-state index is 10.8. The third-order valence-electron chi connectivity index (χ3n) is 3.89. The van der Waals surface area contributed by atoms with E-state index in [4.69, 9.17) is 9.84 Å². The number of carbonyl (C=O) groups is 1. The van der Waals surface area contributed by atoms with Crippen LogP contribution >= 0.6 is 0 Å². The number of ether oxygens (including phenoxy) is 1. The summed E-state index contributed by atoms with van der Waals surface area (Å²) in [5, 5.41) is 11.2. The van der Waals surface area contributed by atoms with Gasteiger partial charge in [0.2, 0.25) is 0 Å². The van der Waals surface area contributed by atoms with Crippen molar-refractivity contribution in [2.24, 2.45) is 5.92 Å². The lowest BCUT2D eigenvalue weighted by Crippen LogP contribution is -2.08. The second-order valence-electron chi connectivity index (χ2n) is 5.53. The van der Waals surface area contributed by atoms with Gasteiger partial charge in [0, 0.05) is 0 Å². The van der Waals surface area contributed by atoms with E-state index in [2.05, 4.69) is 24.3 Å². The van der Waals surface area contributed by atoms with Crippen molar-refractivity contribution in [1.82, 2.24) is 0 Å². The van der Waals surface area contributed by atoms with Gasteiger partial charge in [0.15, 0.2) is 0 Å². The number of benzene rings is 2. The summed E-state index contributed by atoms with van der Waals surface area (Å²) >= 11 is 0. The van der Waals surface area contributed by atoms with E-state index >= 15 is 0 Å². The molecule has 0 bridgehead atoms. The molecule has 1 N–H and O–H groups in total. The molecule has 0 aliphatic rings. The summed E-state index contributed by atoms with van der Waals surface area (Å²) in [5.41, 5.74) is 1.30. The number of unbranched alkanes of at least 4 members (excludes halogenated alkanes) is 1. The Bertz CT molecular complexity index is 619. The van der Waals surface area contributed by atoms with E-state index in [1.165, 1.54) is 16.3 Å². The molecule has 0 radical (unpaired) electrons. The van der Waals surface area contributed by atoms with Gasteiger partial charge in [0.05, 0.1) is 13.0 Å². The molecule has 0 aliphatic heterocycles. The normalized spacial score (nSPS) is 12.3. The van der Waals surface area contributed by atoms with Crippen LogP contribution < -0.4 is 4.74 Å². The van der Waals surface area contributed by atoms with Crippen LogP contribution in [0.5, 0.6) is 5.75 Å². The maximum Gasteiger partial charge on any atom is 0.306 e. The highest BCUT2D eigenvalue weighted by Gasteiger charge is 2.09. The van der Waals surface area contributed by atoms with Crippen LogP contribution in [0.1, 0.15) is 31.7 Å². The zero-order valence-electron chi connectivity index (χ0n) is 12.6. The van der Waals surface area contributed by atoms with Crippen LogP contribution in [0, 0.1) is 5.92 Å². The minimum Gasteiger partial charge on any atom is -0.497 e. The van der Waals surface area contributed by atoms with E-state index in [9.17, 15) is 4.79 Å². The molecule has 0 saturated heterocycles. The fourth-order valence-corrected chi connectivity index (χ4v) is 2.46. The lowest BCUT2D eigenvalue weighted by Gasteiger charge is -2.07. The largest absolute Gasteiger partial charge is 0.497 e. The van der Waals surface area contributed by atoms with Crippen molar-refractivity contribution in [3.8, 4) is 5.75 Å². The molecular formula is C18H22O3. The van der Waals surface area contributed by atoms with Gasteiger partial charge in [-0.2, -0.15) is 0 Å². The molecule has 112 valence electrons. The molecule has 0 saturated carbocycles. The number of hydrogen-bond acceptors (Lipinski definition) is 2. The highest BCUT2D eigenvalue weighted by atomic mass is 16.5. The van der Waals surface area contributed by atoms with Crippen molar-refractivity contribution in [1.29, 1.82) is 0 Å². The van der Waals surface area contributed by atoms with Gasteiger partial charge in [-0.3, -0.25) is 4.79 Å². The van der Waals surface area contributed by atoms with Crippen molar-refractivity contribution in [2.75, 3.05) is 7.11 Å². The summed E-state index contributed by atoms with van der Waals surface area (Å²) < 4.78 is 5.23. The molecule has 2 rings (SSSR count). The minimum atomic E-state index is -0.699. The third-order valence-corrected chi connectivity index (χ3v) is 3.89. The number of fused-ring (bicyclic) bond motifs is 1. The Kier molecular flexibility index (Phi) is 5.20. The smallest absolute Gasteiger partial charge is 0.306 e. The lowest BCUT2D eigenvalue weighted by molar-refractivity contribution is -0.141. The van der Waals surface area contributed by atoms with Gasteiger partial charge in [-0.25, -0.2) is 0 Å². The van der Waals surface area contributed by atoms with Gasteiger partial charge < -0.3 is 9.84 Å². The van der Waals surface area contributed by atoms with Crippen LogP contribution in [0.15, 0.2) is 36.4 Å². The summed E-state index contributed by atoms with van der Waals surface area (Å²) in [6.45, 7) is 1.77. The van der Waals surface area contributed by atoms with Crippen molar-refractivity contribution in [3.05, 3.63) is 42.0 Å². The molecule has 0 aromatic heterocycles. The van der Waals surface area contributed by atoms with Crippen LogP contribution in [0.4, 0.5) is 0 Å². The lowest BCUT2D eigenvalue weighted by atomic mass is 9.99. The molecule has 0 spiro atoms. The van der Waals surface area contributed by atoms with Gasteiger partial charge in [-0.1, -0.05) is 37.6 Å². The first-order valence-electron chi connectivity index (χ1n) is 7.39. The zero-order valence-corrected chi connectivity index (χ0v) is 12.6. The van der Waals surface area contributed by atoms with E-state index < -0.39 is 5.97 Å². The predicted octanol–water partition coefficient (Wildman–Crippen LogP) is 4.28. The molecule has 2 aromatic rings. The standard InChI is InChI=1S/C18H22O3/c1-13(18(19)20)5-3-4-6-14-7-8-16-12-17(21-2)10-9-15(16)11-14/h7-13H,3-6H2,1-2H3,(H,19,20). The molecule has 0 fully saturated rings. The average molecular weight is 286 g/mol. The SMILES string of the molecule is COc1ccc2cc(CCCCC(C)C(=O)O)ccc2c1. The van der Waals surface area contributed by atoms with Crippen molar-refractivity contribution in [2.45, 2.75) is 32.6 Å². The monoisotopic (exact) mass is 286 g/mol. The fourth-order valence-electron chi connectivity index (χ4n) is 2.46. The van der Waals surface area contributed by atoms with Crippen molar-refractivity contribution >= 4 is 16.7 Å². The predicted molar refractivity (Wildman–Crippen MR) is 84.9 cm³/mol. The van der Waals surface area contributed by atoms with E-state index in [-0.39, 0.29) is 5.92 Å². The molecule has 3 heteroatoms. The van der Waals surface area contributed by atoms with Gasteiger partial charge in [0.25, 0.3) is 0 Å². The highest BCUT2D eigenvalue weighted by Crippen LogP contribution is 2.22. The van der Waals surface area contributed by atoms with Crippen LogP contribution in [-0.4, -0.2) is 18.2 Å². The van der Waals surface area contributed by atoms with E-state index in [0.717, 1.165) is 31.4 Å². The van der Waals surface area contributed by atoms with Crippen LogP contribution in [0.2, 0.25) is 0 Å². The fraction of sp³-hybridized carbons (Fsp3) is 0.389. The average Bonchev–Trinajstić information content (AvgIpc) is 2.50. The van der Waals surface area contributed by atoms with Gasteiger partial charge in [0.1, 0.15) is 5.75 Å². The molecule has 0 heterocycles. The number of carboxylic acids is 1. The highest BCUT2D eigenvalue weighted by molar-refractivity contribution is 5.84. The molecule has 2 aromatic carbocycles. The number of rotatable bonds is 7. The van der Waals surface area contributed by atoms with E-state index in [1.54, 1.807) is 14.0 Å². The summed E-state index contributed by atoms with van der Waals surface area (Å²) in [7, 11) is 1.67. The number of carboxylic acid groups (broad SMARTS) is 1. The summed E-state index contributed by atoms with van der Waals surface area (Å²) in [4.78, 5) is 10.8. The van der Waals surface area contributed by atoms with Crippen LogP contribution in [0.3, 0.4) is 0 Å². The van der Waals surface area contributed by atoms with Crippen LogP contribution in [0.25, 0.3) is 10.8 Å². The Labute approximate surface area is 125 Å². The second-order valence-corrected chi connectivity index (χ2v) is 5.53. The Balaban J connectivity index is 1.92. The molecule has 0 aliphatic carbocycles. The molecule has 0 amide bonds. The first kappa shape index (κ1) is 15.4. The topological polar surface area (TPSA) is 46.5 Å². The van der Waals surface area contributed by atoms with Crippen molar-refractivity contribution < 1.29 is 14.6 Å². The van der Waals surface area contributed by atoms with Gasteiger partial charge in [-0.05, 0) is 47.7 Å². The molecule has 3 nitrogen and oxygen atoms in total. The maximum atomic E-state index is 10.8. The zero-order chi connectivity index (χ0) is 15.2. The van der Waals surface area contributed by atoms with E-state index in [0.29, 0.717) is 0 Å². The first-order valence-corrected chi connectivity index (χ1v) is 7.39. The minimum absolute atomic E-state index is 0.242. The van der Waals surface area contributed by atoms with Crippen molar-refractivity contribution in [3.63, 3.8) is 0 Å². The summed E-state index contributed by atoms with van der Waals surface area (Å²) in [6.07, 6.45) is 3.72. The summed E-state index contributed by atoms with van der Waals surface area (Å²) in [5.74, 6) is -0.0679. The quantitative estimate of drug-likeness (QED) is 0.773. The molecule has 21 heavy (non-hydrogen) atoms. The molecular weight excluding hydrogens is 264 g/mol. The van der Waals surface area contributed by atoms with Gasteiger partial charge >= 0.3 is 5.97 Å². The Morgan fingerprint density at radius 1 is 1.14 bits per heavy atom. The van der Waals surface area contributed by atoms with Gasteiger partial charge in [-0.15, -0.1) is 0 Å². The first-order chi connectivity index (χ1) is 10.1. The molecule has 1 unspecified atom stereocenters. The molecule has 1 atom stereocenters.